The molecule has 2 unspecified atom stereocenters. The van der Waals surface area contributed by atoms with E-state index in [4.69, 9.17) is 0 Å². The largest absolute Gasteiger partial charge is 0.376 e. The van der Waals surface area contributed by atoms with Crippen LogP contribution in [-0.4, -0.2) is 27.3 Å². The molecule has 3 rings (SSSR count). The van der Waals surface area contributed by atoms with Gasteiger partial charge < -0.3 is 10.4 Å². The number of amides is 1. The number of aromatic nitrogens is 2. The molecule has 0 bridgehead atoms. The third kappa shape index (κ3) is 4.15. The molecular formula is C20H21N3O3S. The van der Waals surface area contributed by atoms with Crippen LogP contribution < -0.4 is 10.9 Å². The summed E-state index contributed by atoms with van der Waals surface area (Å²) < 4.78 is 1.35. The standard InChI is InChI=1S/C20H21N3O3S/c1-14(13-21-19(25)20(2,26)15-7-4-3-5-8-15)23-18(24)11-10-16(22-23)17-9-6-12-27-17/h3-12,14,26H,13H2,1-2H3,(H,21,25). The minimum atomic E-state index is -1.65. The van der Waals surface area contributed by atoms with E-state index in [1.807, 2.05) is 23.6 Å². The fourth-order valence-corrected chi connectivity index (χ4v) is 3.38. The van der Waals surface area contributed by atoms with Crippen molar-refractivity contribution >= 4 is 17.2 Å². The Labute approximate surface area is 161 Å². The summed E-state index contributed by atoms with van der Waals surface area (Å²) in [6.07, 6.45) is 0. The van der Waals surface area contributed by atoms with E-state index < -0.39 is 11.5 Å². The normalized spacial score (nSPS) is 14.3. The molecule has 27 heavy (non-hydrogen) atoms. The van der Waals surface area contributed by atoms with Crippen molar-refractivity contribution in [1.82, 2.24) is 15.1 Å². The number of aliphatic hydroxyl groups is 1. The zero-order valence-electron chi connectivity index (χ0n) is 15.1. The van der Waals surface area contributed by atoms with Gasteiger partial charge in [0.1, 0.15) is 5.69 Å². The lowest BCUT2D eigenvalue weighted by Crippen LogP contribution is -2.44. The molecule has 1 amide bonds. The highest BCUT2D eigenvalue weighted by atomic mass is 32.1. The van der Waals surface area contributed by atoms with Crippen LogP contribution in [0.2, 0.25) is 0 Å². The molecule has 0 fully saturated rings. The lowest BCUT2D eigenvalue weighted by Gasteiger charge is -2.24. The van der Waals surface area contributed by atoms with Crippen LogP contribution >= 0.6 is 11.3 Å². The molecule has 7 heteroatoms. The monoisotopic (exact) mass is 383 g/mol. The first-order chi connectivity index (χ1) is 12.9. The average molecular weight is 383 g/mol. The maximum Gasteiger partial charge on any atom is 0.267 e. The minimum Gasteiger partial charge on any atom is -0.376 e. The van der Waals surface area contributed by atoms with E-state index in [9.17, 15) is 14.7 Å². The van der Waals surface area contributed by atoms with Gasteiger partial charge in [-0.2, -0.15) is 5.10 Å². The van der Waals surface area contributed by atoms with Crippen LogP contribution in [0.5, 0.6) is 0 Å². The van der Waals surface area contributed by atoms with Crippen molar-refractivity contribution in [1.29, 1.82) is 0 Å². The van der Waals surface area contributed by atoms with E-state index in [1.54, 1.807) is 48.6 Å². The van der Waals surface area contributed by atoms with Gasteiger partial charge in [-0.05, 0) is 36.9 Å². The van der Waals surface area contributed by atoms with Crippen molar-refractivity contribution in [2.45, 2.75) is 25.5 Å². The van der Waals surface area contributed by atoms with Crippen molar-refractivity contribution in [3.05, 3.63) is 75.9 Å². The first-order valence-electron chi connectivity index (χ1n) is 8.59. The van der Waals surface area contributed by atoms with Gasteiger partial charge in [0.05, 0.1) is 10.9 Å². The Morgan fingerprint density at radius 3 is 2.63 bits per heavy atom. The summed E-state index contributed by atoms with van der Waals surface area (Å²) >= 11 is 1.54. The van der Waals surface area contributed by atoms with Gasteiger partial charge in [-0.25, -0.2) is 4.68 Å². The Bertz CT molecular complexity index is 966. The quantitative estimate of drug-likeness (QED) is 0.685. The summed E-state index contributed by atoms with van der Waals surface area (Å²) in [6.45, 7) is 3.41. The van der Waals surface area contributed by atoms with E-state index in [0.29, 0.717) is 11.3 Å². The number of benzene rings is 1. The van der Waals surface area contributed by atoms with Crippen LogP contribution in [-0.2, 0) is 10.4 Å². The summed E-state index contributed by atoms with van der Waals surface area (Å²) in [4.78, 5) is 25.6. The Morgan fingerprint density at radius 2 is 1.96 bits per heavy atom. The summed E-state index contributed by atoms with van der Waals surface area (Å²) in [5.41, 5.74) is -0.686. The second-order valence-corrected chi connectivity index (χ2v) is 7.42. The minimum absolute atomic E-state index is 0.169. The number of rotatable bonds is 6. The third-order valence-corrected chi connectivity index (χ3v) is 5.24. The molecule has 2 N–H and O–H groups in total. The highest BCUT2D eigenvalue weighted by molar-refractivity contribution is 7.13. The number of carbonyl (C=O) groups excluding carboxylic acids is 1. The molecule has 0 aliphatic rings. The van der Waals surface area contributed by atoms with Crippen molar-refractivity contribution in [2.24, 2.45) is 0 Å². The van der Waals surface area contributed by atoms with Gasteiger partial charge in [0.2, 0.25) is 0 Å². The number of thiophene rings is 1. The third-order valence-electron chi connectivity index (χ3n) is 4.35. The smallest absolute Gasteiger partial charge is 0.267 e. The van der Waals surface area contributed by atoms with Crippen molar-refractivity contribution < 1.29 is 9.90 Å². The van der Waals surface area contributed by atoms with Crippen molar-refractivity contribution in [3.8, 4) is 10.6 Å². The molecule has 6 nitrogen and oxygen atoms in total. The van der Waals surface area contributed by atoms with Gasteiger partial charge in [-0.15, -0.1) is 11.3 Å². The van der Waals surface area contributed by atoms with E-state index in [2.05, 4.69) is 10.4 Å². The lowest BCUT2D eigenvalue weighted by atomic mass is 9.95. The van der Waals surface area contributed by atoms with Gasteiger partial charge in [0.25, 0.3) is 11.5 Å². The predicted molar refractivity (Wildman–Crippen MR) is 106 cm³/mol. The molecule has 0 radical (unpaired) electrons. The fourth-order valence-electron chi connectivity index (χ4n) is 2.69. The van der Waals surface area contributed by atoms with Gasteiger partial charge in [0.15, 0.2) is 5.60 Å². The first-order valence-corrected chi connectivity index (χ1v) is 9.47. The molecule has 0 saturated carbocycles. The maximum absolute atomic E-state index is 12.5. The van der Waals surface area contributed by atoms with E-state index in [-0.39, 0.29) is 18.1 Å². The molecule has 0 aliphatic heterocycles. The van der Waals surface area contributed by atoms with Crippen LogP contribution in [0.1, 0.15) is 25.5 Å². The highest BCUT2D eigenvalue weighted by Crippen LogP contribution is 2.22. The van der Waals surface area contributed by atoms with Crippen molar-refractivity contribution in [3.63, 3.8) is 0 Å². The van der Waals surface area contributed by atoms with Crippen LogP contribution in [0, 0.1) is 0 Å². The molecular weight excluding hydrogens is 362 g/mol. The van der Waals surface area contributed by atoms with E-state index in [1.165, 1.54) is 17.7 Å². The zero-order valence-corrected chi connectivity index (χ0v) is 15.9. The summed E-state index contributed by atoms with van der Waals surface area (Å²) in [5, 5.41) is 19.6. The highest BCUT2D eigenvalue weighted by Gasteiger charge is 2.32. The fraction of sp³-hybridized carbons (Fsp3) is 0.250. The Balaban J connectivity index is 1.72. The number of hydrogen-bond donors (Lipinski definition) is 2. The summed E-state index contributed by atoms with van der Waals surface area (Å²) in [6, 6.07) is 15.4. The van der Waals surface area contributed by atoms with Crippen LogP contribution in [0.25, 0.3) is 10.6 Å². The molecule has 1 aromatic carbocycles. The number of nitrogens with one attached hydrogen (secondary N) is 1. The number of nitrogens with zero attached hydrogens (tertiary/aromatic N) is 2. The van der Waals surface area contributed by atoms with E-state index in [0.717, 1.165) is 4.88 Å². The predicted octanol–water partition coefficient (Wildman–Crippen LogP) is 2.56. The summed E-state index contributed by atoms with van der Waals surface area (Å²) in [5.74, 6) is -0.525. The zero-order chi connectivity index (χ0) is 19.4. The van der Waals surface area contributed by atoms with Crippen LogP contribution in [0.4, 0.5) is 0 Å². The molecule has 0 spiro atoms. The second kappa shape index (κ2) is 7.85. The topological polar surface area (TPSA) is 84.2 Å². The van der Waals surface area contributed by atoms with E-state index >= 15 is 0 Å². The molecule has 2 heterocycles. The summed E-state index contributed by atoms with van der Waals surface area (Å²) in [7, 11) is 0. The van der Waals surface area contributed by atoms with Crippen LogP contribution in [0.15, 0.2) is 64.8 Å². The number of hydrogen-bond acceptors (Lipinski definition) is 5. The Morgan fingerprint density at radius 1 is 1.22 bits per heavy atom. The Kier molecular flexibility index (Phi) is 5.53. The lowest BCUT2D eigenvalue weighted by molar-refractivity contribution is -0.139. The van der Waals surface area contributed by atoms with Gasteiger partial charge in [0, 0.05) is 12.6 Å². The molecule has 2 aromatic heterocycles. The molecule has 0 saturated heterocycles. The van der Waals surface area contributed by atoms with Crippen molar-refractivity contribution in [2.75, 3.05) is 6.54 Å². The molecule has 140 valence electrons. The maximum atomic E-state index is 12.5. The van der Waals surface area contributed by atoms with Gasteiger partial charge in [-0.3, -0.25) is 9.59 Å². The second-order valence-electron chi connectivity index (χ2n) is 6.48. The molecule has 3 aromatic rings. The van der Waals surface area contributed by atoms with Gasteiger partial charge in [-0.1, -0.05) is 36.4 Å². The first kappa shape index (κ1) is 19.0. The SMILES string of the molecule is CC(CNC(=O)C(C)(O)c1ccccc1)n1nc(-c2cccs2)ccc1=O. The van der Waals surface area contributed by atoms with Gasteiger partial charge >= 0.3 is 0 Å². The molecule has 0 aliphatic carbocycles. The molecule has 2 atom stereocenters. The Hall–Kier alpha value is -2.77. The average Bonchev–Trinajstić information content (AvgIpc) is 3.21. The van der Waals surface area contributed by atoms with Crippen LogP contribution in [0.3, 0.4) is 0 Å². The number of carbonyl (C=O) groups is 1.